The zero-order valence-corrected chi connectivity index (χ0v) is 41.1. The molecule has 10 nitrogen and oxygen atoms in total. The number of amides is 1. The Balaban J connectivity index is 0.000000214. The summed E-state index contributed by atoms with van der Waals surface area (Å²) in [5.74, 6) is 0.214. The summed E-state index contributed by atoms with van der Waals surface area (Å²) in [6.45, 7) is 6.79. The average molecular weight is 1100 g/mol. The largest absolute Gasteiger partial charge is 0.494 e. The van der Waals surface area contributed by atoms with Crippen molar-refractivity contribution in [3.63, 3.8) is 0 Å². The highest BCUT2D eigenvalue weighted by atomic mass is 127. The number of ether oxygens (including phenoxy) is 1. The molecule has 1 amide bonds. The highest BCUT2D eigenvalue weighted by Gasteiger charge is 2.22. The predicted octanol–water partition coefficient (Wildman–Crippen LogP) is 12.8. The molecule has 0 saturated heterocycles. The summed E-state index contributed by atoms with van der Waals surface area (Å²) >= 11 is 4.52. The highest BCUT2D eigenvalue weighted by Crippen LogP contribution is 2.34. The van der Waals surface area contributed by atoms with Crippen LogP contribution in [-0.4, -0.2) is 62.3 Å². The normalized spacial score (nSPS) is 11.8. The molecule has 0 bridgehead atoms. The van der Waals surface area contributed by atoms with E-state index in [0.717, 1.165) is 74.8 Å². The molecule has 0 spiro atoms. The van der Waals surface area contributed by atoms with Crippen LogP contribution in [0.15, 0.2) is 156 Å². The third kappa shape index (κ3) is 11.9. The molecule has 0 aliphatic rings. The van der Waals surface area contributed by atoms with Gasteiger partial charge >= 0.3 is 6.09 Å². The Morgan fingerprint density at radius 2 is 1.08 bits per heavy atom. The second kappa shape index (κ2) is 21.3. The van der Waals surface area contributed by atoms with Crippen molar-refractivity contribution in [3.05, 3.63) is 186 Å². The first-order chi connectivity index (χ1) is 30.3. The van der Waals surface area contributed by atoms with Crippen LogP contribution in [0.1, 0.15) is 54.2 Å². The topological polar surface area (TPSA) is 138 Å². The van der Waals surface area contributed by atoms with Gasteiger partial charge in [-0.1, -0.05) is 97.1 Å². The molecule has 0 fully saturated rings. The number of hydrogen-bond donors (Lipinski definition) is 5. The molecule has 8 aromatic rings. The third-order valence-corrected chi connectivity index (χ3v) is 11.3. The number of benzene rings is 6. The number of carbonyl (C=O) groups is 1. The molecule has 13 heteroatoms. The van der Waals surface area contributed by atoms with E-state index in [0.29, 0.717) is 17.8 Å². The Morgan fingerprint density at radius 1 is 0.656 bits per heavy atom. The molecule has 8 rings (SSSR count). The number of halogens is 3. The van der Waals surface area contributed by atoms with Crippen LogP contribution in [0.5, 0.6) is 11.8 Å². The first-order valence-electron chi connectivity index (χ1n) is 20.3. The second-order valence-corrected chi connectivity index (χ2v) is 18.4. The van der Waals surface area contributed by atoms with Gasteiger partial charge in [0.2, 0.25) is 0 Å². The molecule has 0 aliphatic carbocycles. The SMILES string of the molecule is CN(Cc1ccc(N=C(c2ccccc2)c2c(O)[nH]c3cc(I)ccc23)cc1)C(=O)OC(C)(C)C.CNCc1ccc(N=C(c2ccccc2)c2c(O)[nH]c3cc(I)ccc23)cc1.Cl. The van der Waals surface area contributed by atoms with Gasteiger partial charge < -0.3 is 35.1 Å². The standard InChI is InChI=1S/C28H28IN3O3.C23H20IN3O.ClH/c1-28(2,3)35-27(34)32(4)17-18-10-13-21(14-11-18)30-25(19-8-6-5-7-9-19)24-22-15-12-20(29)16-23(22)31-26(24)33;1-25-14-15-7-10-18(11-8-15)26-22(16-5-3-2-4-6-16)21-19-12-9-17(24)13-20(19)27-23(21)28;/h5-16,31,33H,17H2,1-4H3;2-13,25,27-28H,14H2,1H3;1H. The smallest absolute Gasteiger partial charge is 0.410 e. The van der Waals surface area contributed by atoms with Crippen LogP contribution in [0.4, 0.5) is 16.2 Å². The molecule has 2 aromatic heterocycles. The number of aromatic amines is 2. The zero-order valence-electron chi connectivity index (χ0n) is 36.0. The van der Waals surface area contributed by atoms with Crippen molar-refractivity contribution >= 4 is 108 Å². The molecule has 0 atom stereocenters. The maximum Gasteiger partial charge on any atom is 0.410 e. The lowest BCUT2D eigenvalue weighted by atomic mass is 10.0. The lowest BCUT2D eigenvalue weighted by Gasteiger charge is -2.24. The summed E-state index contributed by atoms with van der Waals surface area (Å²) in [6.07, 6.45) is -0.365. The van der Waals surface area contributed by atoms with Crippen LogP contribution in [0, 0.1) is 7.14 Å². The van der Waals surface area contributed by atoms with E-state index in [2.05, 4.69) is 72.6 Å². The molecule has 0 radical (unpaired) electrons. The average Bonchev–Trinajstić information content (AvgIpc) is 3.76. The first-order valence-corrected chi connectivity index (χ1v) is 22.5. The van der Waals surface area contributed by atoms with Crippen molar-refractivity contribution in [1.29, 1.82) is 0 Å². The van der Waals surface area contributed by atoms with E-state index < -0.39 is 5.60 Å². The number of hydrogen-bond acceptors (Lipinski definition) is 7. The van der Waals surface area contributed by atoms with Crippen molar-refractivity contribution in [1.82, 2.24) is 20.2 Å². The minimum Gasteiger partial charge on any atom is -0.494 e. The number of rotatable bonds is 10. The number of H-pyrrole nitrogens is 2. The van der Waals surface area contributed by atoms with Crippen LogP contribution in [0.3, 0.4) is 0 Å². The van der Waals surface area contributed by atoms with Gasteiger partial charge in [0.05, 0.1) is 45.0 Å². The fourth-order valence-electron chi connectivity index (χ4n) is 7.02. The lowest BCUT2D eigenvalue weighted by Crippen LogP contribution is -2.33. The first kappa shape index (κ1) is 47.8. The summed E-state index contributed by atoms with van der Waals surface area (Å²) < 4.78 is 7.61. The molecule has 64 heavy (non-hydrogen) atoms. The third-order valence-electron chi connectivity index (χ3n) is 9.91. The number of aromatic nitrogens is 2. The van der Waals surface area contributed by atoms with Gasteiger partial charge in [-0.2, -0.15) is 0 Å². The van der Waals surface area contributed by atoms with Gasteiger partial charge in [0.15, 0.2) is 11.8 Å². The Bertz CT molecular complexity index is 2910. The second-order valence-electron chi connectivity index (χ2n) is 15.9. The molecule has 5 N–H and O–H groups in total. The molecule has 6 aromatic carbocycles. The van der Waals surface area contributed by atoms with E-state index in [1.54, 1.807) is 11.9 Å². The monoisotopic (exact) mass is 1100 g/mol. The van der Waals surface area contributed by atoms with Crippen molar-refractivity contribution in [2.75, 3.05) is 14.1 Å². The van der Waals surface area contributed by atoms with E-state index in [4.69, 9.17) is 14.7 Å². The van der Waals surface area contributed by atoms with Crippen LogP contribution in [0.25, 0.3) is 21.8 Å². The molecular weight excluding hydrogens is 1050 g/mol. The highest BCUT2D eigenvalue weighted by molar-refractivity contribution is 14.1. The van der Waals surface area contributed by atoms with Crippen LogP contribution in [-0.2, 0) is 17.8 Å². The maximum absolute atomic E-state index is 12.3. The van der Waals surface area contributed by atoms with Gasteiger partial charge in [-0.25, -0.2) is 14.8 Å². The van der Waals surface area contributed by atoms with Gasteiger partial charge in [0.25, 0.3) is 0 Å². The summed E-state index contributed by atoms with van der Waals surface area (Å²) in [6, 6.07) is 47.7. The minimum atomic E-state index is -0.538. The lowest BCUT2D eigenvalue weighted by molar-refractivity contribution is 0.0285. The van der Waals surface area contributed by atoms with Crippen molar-refractivity contribution in [2.45, 2.75) is 39.5 Å². The van der Waals surface area contributed by atoms with Crippen LogP contribution in [0.2, 0.25) is 0 Å². The number of nitrogens with one attached hydrogen (secondary N) is 3. The number of carbonyl (C=O) groups excluding carboxylic acids is 1. The molecule has 2 heterocycles. The van der Waals surface area contributed by atoms with Crippen molar-refractivity contribution in [3.8, 4) is 11.8 Å². The minimum absolute atomic E-state index is 0. The molecule has 328 valence electrons. The quantitative estimate of drug-likeness (QED) is 0.0686. The van der Waals surface area contributed by atoms with E-state index >= 15 is 0 Å². The number of aliphatic imine (C=N–C) groups is 2. The molecular formula is C51H49ClI2N6O4. The van der Waals surface area contributed by atoms with Gasteiger partial charge in [0.1, 0.15) is 5.60 Å². The van der Waals surface area contributed by atoms with Gasteiger partial charge in [-0.05, 0) is 133 Å². The van der Waals surface area contributed by atoms with Crippen molar-refractivity contribution in [2.24, 2.45) is 9.98 Å². The summed E-state index contributed by atoms with van der Waals surface area (Å²) in [5.41, 5.74) is 9.62. The van der Waals surface area contributed by atoms with Gasteiger partial charge in [-0.3, -0.25) is 0 Å². The number of nitrogens with zero attached hydrogens (tertiary/aromatic N) is 3. The van der Waals surface area contributed by atoms with E-state index in [-0.39, 0.29) is 30.3 Å². The van der Waals surface area contributed by atoms with E-state index in [1.807, 2.05) is 161 Å². The Kier molecular flexibility index (Phi) is 15.9. The van der Waals surface area contributed by atoms with Crippen LogP contribution >= 0.6 is 57.6 Å². The predicted molar refractivity (Wildman–Crippen MR) is 279 cm³/mol. The van der Waals surface area contributed by atoms with E-state index in [9.17, 15) is 15.0 Å². The van der Waals surface area contributed by atoms with Crippen LogP contribution < -0.4 is 5.32 Å². The molecule has 0 saturated carbocycles. The van der Waals surface area contributed by atoms with Crippen molar-refractivity contribution < 1.29 is 19.7 Å². The van der Waals surface area contributed by atoms with Gasteiger partial charge in [0, 0.05) is 49.2 Å². The fourth-order valence-corrected chi connectivity index (χ4v) is 8.00. The molecule has 0 aliphatic heterocycles. The fraction of sp³-hybridized carbons (Fsp3) is 0.157. The Morgan fingerprint density at radius 3 is 1.48 bits per heavy atom. The summed E-state index contributed by atoms with van der Waals surface area (Å²) in [5, 5.41) is 26.5. The summed E-state index contributed by atoms with van der Waals surface area (Å²) in [7, 11) is 3.65. The molecule has 0 unspecified atom stereocenters. The zero-order chi connectivity index (χ0) is 44.7. The van der Waals surface area contributed by atoms with Gasteiger partial charge in [-0.15, -0.1) is 12.4 Å². The maximum atomic E-state index is 12.3. The number of fused-ring (bicyclic) bond motifs is 2. The Hall–Kier alpha value is -5.68. The van der Waals surface area contributed by atoms with E-state index in [1.165, 1.54) is 5.56 Å². The Labute approximate surface area is 406 Å². The summed E-state index contributed by atoms with van der Waals surface area (Å²) in [4.78, 5) is 29.9. The number of aromatic hydroxyl groups is 2.